The normalized spacial score (nSPS) is 18.8. The zero-order valence-electron chi connectivity index (χ0n) is 7.43. The highest BCUT2D eigenvalue weighted by Crippen LogP contribution is 2.04. The summed E-state index contributed by atoms with van der Waals surface area (Å²) in [6.45, 7) is 4.02. The van der Waals surface area contributed by atoms with Crippen LogP contribution in [-0.2, 0) is 0 Å². The molecule has 0 aromatic rings. The average Bonchev–Trinajstić information content (AvgIpc) is 1.98. The molecule has 0 radical (unpaired) electrons. The highest BCUT2D eigenvalue weighted by Gasteiger charge is 1.97. The molecule has 0 unspecified atom stereocenters. The summed E-state index contributed by atoms with van der Waals surface area (Å²) in [5.74, 6) is 0. The van der Waals surface area contributed by atoms with Gasteiger partial charge in [-0.3, -0.25) is 0 Å². The topological polar surface area (TPSA) is 20.2 Å². The molecule has 0 spiro atoms. The van der Waals surface area contributed by atoms with E-state index in [1.807, 2.05) is 6.92 Å². The van der Waals surface area contributed by atoms with Crippen LogP contribution in [0.1, 0.15) is 47.3 Å². The van der Waals surface area contributed by atoms with Gasteiger partial charge < -0.3 is 5.11 Å². The zero-order valence-corrected chi connectivity index (χ0v) is 6.43. The lowest BCUT2D eigenvalue weighted by molar-refractivity contribution is 0.156. The lowest BCUT2D eigenvalue weighted by Crippen LogP contribution is -2.02. The quantitative estimate of drug-likeness (QED) is 0.607. The molecule has 0 saturated carbocycles. The first-order chi connectivity index (χ1) is 4.72. The number of aliphatic hydroxyl groups excluding tert-OH is 1. The first-order valence-electron chi connectivity index (χ1n) is 4.40. The number of hydrogen-bond donors (Lipinski definition) is 1. The van der Waals surface area contributed by atoms with Crippen LogP contribution < -0.4 is 0 Å². The molecule has 0 aromatic heterocycles. The molecule has 0 aliphatic heterocycles. The Labute approximate surface area is 59.5 Å². The Hall–Kier alpha value is -0.0400. The molecule has 1 N–H and O–H groups in total. The van der Waals surface area contributed by atoms with Crippen LogP contribution >= 0.6 is 0 Å². The molecule has 1 heteroatoms. The fourth-order valence-electron chi connectivity index (χ4n) is 0.681. The molecule has 0 aliphatic rings. The fraction of sp³-hybridized carbons (Fsp3) is 1.00. The second kappa shape index (κ2) is 6.09. The van der Waals surface area contributed by atoms with Crippen LogP contribution in [0.2, 0.25) is 0 Å². The molecule has 9 heavy (non-hydrogen) atoms. The summed E-state index contributed by atoms with van der Waals surface area (Å²) in [6.07, 6.45) is 3.05. The summed E-state index contributed by atoms with van der Waals surface area (Å²) < 4.78 is 7.43. The molecule has 0 aliphatic carbocycles. The van der Waals surface area contributed by atoms with Gasteiger partial charge >= 0.3 is 0 Å². The Morgan fingerprint density at radius 3 is 2.56 bits per heavy atom. The predicted molar refractivity (Wildman–Crippen MR) is 40.4 cm³/mol. The molecule has 0 rings (SSSR count). The van der Waals surface area contributed by atoms with Crippen molar-refractivity contribution in [1.82, 2.24) is 0 Å². The fourth-order valence-corrected chi connectivity index (χ4v) is 0.681. The molecule has 0 saturated heterocycles. The van der Waals surface area contributed by atoms with E-state index in [4.69, 9.17) is 6.48 Å². The molecule has 1 nitrogen and oxygen atoms in total. The van der Waals surface area contributed by atoms with Gasteiger partial charge in [0.05, 0.1) is 6.10 Å². The Balaban J connectivity index is 3.31. The van der Waals surface area contributed by atoms with Crippen LogP contribution in [0.25, 0.3) is 0 Å². The van der Waals surface area contributed by atoms with Gasteiger partial charge in [0.2, 0.25) is 0 Å². The van der Waals surface area contributed by atoms with Gasteiger partial charge in [0.25, 0.3) is 0 Å². The van der Waals surface area contributed by atoms with Gasteiger partial charge in [0.15, 0.2) is 0 Å². The van der Waals surface area contributed by atoms with Gasteiger partial charge in [-0.25, -0.2) is 0 Å². The van der Waals surface area contributed by atoms with Crippen molar-refractivity contribution in [2.75, 3.05) is 0 Å². The largest absolute Gasteiger partial charge is 0.393 e. The zero-order chi connectivity index (χ0) is 7.98. The number of unbranched alkanes of at least 4 members (excludes halogenated alkanes) is 1. The molecular formula is C8H18O. The Bertz CT molecular complexity index is 75.7. The van der Waals surface area contributed by atoms with Crippen molar-refractivity contribution in [3.63, 3.8) is 0 Å². The maximum Gasteiger partial charge on any atom is 0.0537 e. The summed E-state index contributed by atoms with van der Waals surface area (Å²) in [7, 11) is 0. The van der Waals surface area contributed by atoms with Crippen LogP contribution in [0.4, 0.5) is 0 Å². The van der Waals surface area contributed by atoms with Gasteiger partial charge in [-0.05, 0) is 12.8 Å². The first kappa shape index (κ1) is 7.07. The van der Waals surface area contributed by atoms with E-state index in [2.05, 4.69) is 6.92 Å². The predicted octanol–water partition coefficient (Wildman–Crippen LogP) is 2.34. The van der Waals surface area contributed by atoms with Crippen LogP contribution in [0.3, 0.4) is 0 Å². The molecule has 0 bridgehead atoms. The van der Waals surface area contributed by atoms with Crippen molar-refractivity contribution in [1.29, 1.82) is 0 Å². The molecule has 0 amide bonds. The smallest absolute Gasteiger partial charge is 0.0537 e. The minimum atomic E-state index is -0.411. The summed E-state index contributed by atoms with van der Waals surface area (Å²) >= 11 is 0. The summed E-state index contributed by atoms with van der Waals surface area (Å²) in [5, 5.41) is 9.17. The van der Waals surface area contributed by atoms with Gasteiger partial charge in [0, 0.05) is 1.37 Å². The van der Waals surface area contributed by atoms with E-state index in [-0.39, 0.29) is 6.40 Å². The van der Waals surface area contributed by atoms with E-state index in [1.165, 1.54) is 0 Å². The van der Waals surface area contributed by atoms with E-state index in [1.54, 1.807) is 0 Å². The van der Waals surface area contributed by atoms with E-state index >= 15 is 0 Å². The van der Waals surface area contributed by atoms with E-state index in [9.17, 15) is 0 Å². The van der Waals surface area contributed by atoms with Crippen molar-refractivity contribution < 1.29 is 6.48 Å². The van der Waals surface area contributed by atoms with E-state index in [0.29, 0.717) is 6.42 Å². The molecule has 0 heterocycles. The number of hydrogen-bond acceptors (Lipinski definition) is 1. The Morgan fingerprint density at radius 1 is 1.44 bits per heavy atom. The Kier molecular flexibility index (Phi) is 4.78. The monoisotopic (exact) mass is 131 g/mol. The second-order valence-electron chi connectivity index (χ2n) is 2.35. The molecule has 0 aromatic carbocycles. The number of rotatable bonds is 5. The second-order valence-corrected chi connectivity index (χ2v) is 2.35. The van der Waals surface area contributed by atoms with E-state index in [0.717, 1.165) is 19.3 Å². The minimum Gasteiger partial charge on any atom is -0.393 e. The molecule has 0 fully saturated rings. The highest BCUT2D eigenvalue weighted by molar-refractivity contribution is 4.51. The maximum atomic E-state index is 9.17. The molecular weight excluding hydrogens is 112 g/mol. The standard InChI is InChI=1S/C8H18O/c1-3-5-6-7-8(9)4-2/h8-9H,3-7H2,1-2H3/t8-/m0/s1/i7D/t7-,8+/m1. The van der Waals surface area contributed by atoms with Gasteiger partial charge in [-0.2, -0.15) is 0 Å². The lowest BCUT2D eigenvalue weighted by atomic mass is 10.1. The van der Waals surface area contributed by atoms with Crippen molar-refractivity contribution >= 4 is 0 Å². The van der Waals surface area contributed by atoms with Crippen molar-refractivity contribution in [2.24, 2.45) is 0 Å². The number of aliphatic hydroxyl groups is 1. The van der Waals surface area contributed by atoms with Crippen LogP contribution in [0.15, 0.2) is 0 Å². The maximum absolute atomic E-state index is 9.17. The minimum absolute atomic E-state index is 0.259. The van der Waals surface area contributed by atoms with Crippen molar-refractivity contribution in [3.05, 3.63) is 0 Å². The third-order valence-corrected chi connectivity index (χ3v) is 1.41. The lowest BCUT2D eigenvalue weighted by Gasteiger charge is -2.04. The average molecular weight is 131 g/mol. The first-order valence-corrected chi connectivity index (χ1v) is 3.82. The van der Waals surface area contributed by atoms with Gasteiger partial charge in [-0.1, -0.05) is 33.1 Å². The van der Waals surface area contributed by atoms with Gasteiger partial charge in [0.1, 0.15) is 0 Å². The van der Waals surface area contributed by atoms with Gasteiger partial charge in [-0.15, -0.1) is 0 Å². The Morgan fingerprint density at radius 2 is 2.11 bits per heavy atom. The summed E-state index contributed by atoms with van der Waals surface area (Å²) in [4.78, 5) is 0. The summed E-state index contributed by atoms with van der Waals surface area (Å²) in [5.41, 5.74) is 0. The van der Waals surface area contributed by atoms with Crippen LogP contribution in [0, 0.1) is 0 Å². The molecule has 56 valence electrons. The third-order valence-electron chi connectivity index (χ3n) is 1.41. The van der Waals surface area contributed by atoms with Crippen molar-refractivity contribution in [2.45, 2.75) is 52.0 Å². The van der Waals surface area contributed by atoms with Crippen LogP contribution in [0.5, 0.6) is 0 Å². The van der Waals surface area contributed by atoms with E-state index < -0.39 is 6.10 Å². The highest BCUT2D eigenvalue weighted by atomic mass is 16.3. The summed E-state index contributed by atoms with van der Waals surface area (Å²) in [6, 6.07) is 0. The third kappa shape index (κ3) is 5.84. The SMILES string of the molecule is [2H][C@H](CCCC)[C@@H](O)CC. The van der Waals surface area contributed by atoms with Crippen LogP contribution in [-0.4, -0.2) is 11.2 Å². The van der Waals surface area contributed by atoms with Crippen molar-refractivity contribution in [3.8, 4) is 0 Å². The molecule has 2 atom stereocenters.